The van der Waals surface area contributed by atoms with Crippen LogP contribution in [0.5, 0.6) is 0 Å². The average Bonchev–Trinajstić information content (AvgIpc) is 2.76. The van der Waals surface area contributed by atoms with Crippen molar-refractivity contribution < 1.29 is 19.4 Å². The van der Waals surface area contributed by atoms with E-state index in [-0.39, 0.29) is 18.8 Å². The summed E-state index contributed by atoms with van der Waals surface area (Å²) in [6.07, 6.45) is -0.521. The first-order valence-electron chi connectivity index (χ1n) is 6.37. The van der Waals surface area contributed by atoms with Gasteiger partial charge in [-0.2, -0.15) is 4.98 Å². The molecular formula is C12H16BrN3O5. The lowest BCUT2D eigenvalue weighted by atomic mass is 10.2. The van der Waals surface area contributed by atoms with Gasteiger partial charge in [0.15, 0.2) is 0 Å². The molecule has 4 unspecified atom stereocenters. The maximum absolute atomic E-state index is 11.7. The van der Waals surface area contributed by atoms with Crippen LogP contribution in [-0.4, -0.2) is 44.3 Å². The number of nitrogens with zero attached hydrogens (tertiary/aromatic N) is 2. The highest BCUT2D eigenvalue weighted by Gasteiger charge is 2.36. The Labute approximate surface area is 129 Å². The van der Waals surface area contributed by atoms with E-state index in [4.69, 9.17) is 15.2 Å². The molecule has 0 aromatic carbocycles. The molecule has 1 saturated heterocycles. The number of esters is 1. The summed E-state index contributed by atoms with van der Waals surface area (Å²) in [5.74, 6) is -0.327. The van der Waals surface area contributed by atoms with Crippen LogP contribution < -0.4 is 11.4 Å². The van der Waals surface area contributed by atoms with Crippen molar-refractivity contribution in [3.63, 3.8) is 0 Å². The van der Waals surface area contributed by atoms with Crippen LogP contribution in [0.2, 0.25) is 0 Å². The second-order valence-corrected chi connectivity index (χ2v) is 6.09. The highest BCUT2D eigenvalue weighted by molar-refractivity contribution is 9.10. The van der Waals surface area contributed by atoms with E-state index >= 15 is 0 Å². The summed E-state index contributed by atoms with van der Waals surface area (Å²) in [6, 6.07) is 1.47. The minimum atomic E-state index is -0.835. The van der Waals surface area contributed by atoms with Gasteiger partial charge in [0.2, 0.25) is 0 Å². The van der Waals surface area contributed by atoms with Crippen LogP contribution in [0, 0.1) is 0 Å². The van der Waals surface area contributed by atoms with Gasteiger partial charge >= 0.3 is 11.7 Å². The predicted molar refractivity (Wildman–Crippen MR) is 76.8 cm³/mol. The van der Waals surface area contributed by atoms with Gasteiger partial charge in [-0.1, -0.05) is 15.9 Å². The van der Waals surface area contributed by atoms with E-state index in [0.29, 0.717) is 0 Å². The van der Waals surface area contributed by atoms with Crippen molar-refractivity contribution in [2.75, 3.05) is 12.3 Å². The number of halogens is 1. The van der Waals surface area contributed by atoms with Gasteiger partial charge in [-0.25, -0.2) is 4.79 Å². The Hall–Kier alpha value is -1.45. The van der Waals surface area contributed by atoms with Crippen LogP contribution in [-0.2, 0) is 14.3 Å². The van der Waals surface area contributed by atoms with Crippen LogP contribution in [0.25, 0.3) is 0 Å². The van der Waals surface area contributed by atoms with E-state index in [0.717, 1.165) is 0 Å². The third-order valence-corrected chi connectivity index (χ3v) is 3.45. The number of aliphatic hydroxyl groups excluding tert-OH is 1. The average molecular weight is 362 g/mol. The molecule has 116 valence electrons. The van der Waals surface area contributed by atoms with Crippen LogP contribution in [0.4, 0.5) is 5.82 Å². The highest BCUT2D eigenvalue weighted by atomic mass is 79.9. The standard InChI is InChI=1S/C12H16BrN3O5/c1-6(13)11(18)20-5-8-7(17)4-10(21-8)16-3-2-9(14)15-12(16)19/h2-3,6-8,10,17H,4-5H2,1H3,(H2,14,15,19). The maximum atomic E-state index is 11.7. The number of hydrogen-bond donors (Lipinski definition) is 2. The molecule has 2 rings (SSSR count). The zero-order chi connectivity index (χ0) is 15.6. The van der Waals surface area contributed by atoms with Gasteiger partial charge in [-0.3, -0.25) is 9.36 Å². The van der Waals surface area contributed by atoms with Crippen molar-refractivity contribution in [3.05, 3.63) is 22.7 Å². The Bertz CT molecular complexity index is 576. The Morgan fingerprint density at radius 3 is 3.10 bits per heavy atom. The molecule has 2 heterocycles. The lowest BCUT2D eigenvalue weighted by Crippen LogP contribution is -2.30. The second-order valence-electron chi connectivity index (χ2n) is 4.72. The number of carbonyl (C=O) groups is 1. The molecule has 4 atom stereocenters. The smallest absolute Gasteiger partial charge is 0.351 e. The molecule has 8 nitrogen and oxygen atoms in total. The molecule has 0 saturated carbocycles. The van der Waals surface area contributed by atoms with E-state index in [1.165, 1.54) is 16.8 Å². The molecule has 0 amide bonds. The molecule has 1 aromatic rings. The normalized spacial score (nSPS) is 26.5. The van der Waals surface area contributed by atoms with E-state index in [9.17, 15) is 14.7 Å². The monoisotopic (exact) mass is 361 g/mol. The van der Waals surface area contributed by atoms with Crippen LogP contribution in [0.1, 0.15) is 19.6 Å². The Morgan fingerprint density at radius 2 is 2.48 bits per heavy atom. The summed E-state index contributed by atoms with van der Waals surface area (Å²) in [7, 11) is 0. The number of nitrogens with two attached hydrogens (primary N) is 1. The van der Waals surface area contributed by atoms with Gasteiger partial charge in [-0.05, 0) is 13.0 Å². The third-order valence-electron chi connectivity index (χ3n) is 3.08. The quantitative estimate of drug-likeness (QED) is 0.563. The SMILES string of the molecule is CC(Br)C(=O)OCC1OC(n2ccc(N)nc2=O)CC1O. The zero-order valence-electron chi connectivity index (χ0n) is 11.3. The molecule has 0 radical (unpaired) electrons. The fourth-order valence-electron chi connectivity index (χ4n) is 1.96. The number of aromatic nitrogens is 2. The van der Waals surface area contributed by atoms with Crippen molar-refractivity contribution in [3.8, 4) is 0 Å². The number of alkyl halides is 1. The lowest BCUT2D eigenvalue weighted by molar-refractivity contribution is -0.149. The molecule has 9 heteroatoms. The Morgan fingerprint density at radius 1 is 1.76 bits per heavy atom. The molecule has 3 N–H and O–H groups in total. The minimum Gasteiger partial charge on any atom is -0.462 e. The van der Waals surface area contributed by atoms with Crippen LogP contribution in [0.3, 0.4) is 0 Å². The number of hydrogen-bond acceptors (Lipinski definition) is 7. The molecule has 1 aliphatic rings. The minimum absolute atomic E-state index is 0.0798. The number of rotatable bonds is 4. The van der Waals surface area contributed by atoms with E-state index < -0.39 is 34.9 Å². The summed E-state index contributed by atoms with van der Waals surface area (Å²) in [6.45, 7) is 1.56. The van der Waals surface area contributed by atoms with E-state index in [1.54, 1.807) is 6.92 Å². The van der Waals surface area contributed by atoms with Crippen LogP contribution >= 0.6 is 15.9 Å². The summed E-state index contributed by atoms with van der Waals surface area (Å²) in [5.41, 5.74) is 4.86. The summed E-state index contributed by atoms with van der Waals surface area (Å²) in [5, 5.41) is 9.93. The van der Waals surface area contributed by atoms with Gasteiger partial charge in [0, 0.05) is 12.6 Å². The number of carbonyl (C=O) groups excluding carboxylic acids is 1. The van der Waals surface area contributed by atoms with Crippen molar-refractivity contribution >= 4 is 27.7 Å². The number of aliphatic hydroxyl groups is 1. The summed E-state index contributed by atoms with van der Waals surface area (Å²) < 4.78 is 11.8. The summed E-state index contributed by atoms with van der Waals surface area (Å²) in [4.78, 5) is 26.2. The van der Waals surface area contributed by atoms with Gasteiger partial charge in [0.1, 0.15) is 29.6 Å². The number of anilines is 1. The molecule has 0 aliphatic carbocycles. The first-order valence-corrected chi connectivity index (χ1v) is 7.29. The predicted octanol–water partition coefficient (Wildman–Crippen LogP) is -0.200. The highest BCUT2D eigenvalue weighted by Crippen LogP contribution is 2.28. The van der Waals surface area contributed by atoms with Crippen LogP contribution in [0.15, 0.2) is 17.1 Å². The largest absolute Gasteiger partial charge is 0.462 e. The zero-order valence-corrected chi connectivity index (χ0v) is 12.9. The fourth-order valence-corrected chi connectivity index (χ4v) is 2.09. The number of nitrogen functional groups attached to an aromatic ring is 1. The molecule has 0 bridgehead atoms. The lowest BCUT2D eigenvalue weighted by Gasteiger charge is -2.16. The maximum Gasteiger partial charge on any atom is 0.351 e. The first-order chi connectivity index (χ1) is 9.88. The fraction of sp³-hybridized carbons (Fsp3) is 0.583. The van der Waals surface area contributed by atoms with E-state index in [1.807, 2.05) is 0 Å². The molecule has 0 spiro atoms. The molecule has 1 aromatic heterocycles. The second kappa shape index (κ2) is 6.54. The summed E-state index contributed by atoms with van der Waals surface area (Å²) >= 11 is 3.09. The van der Waals surface area contributed by atoms with Gasteiger partial charge in [-0.15, -0.1) is 0 Å². The van der Waals surface area contributed by atoms with Gasteiger partial charge in [0.25, 0.3) is 0 Å². The van der Waals surface area contributed by atoms with Crippen molar-refractivity contribution in [1.29, 1.82) is 0 Å². The Balaban J connectivity index is 2.00. The van der Waals surface area contributed by atoms with Crippen molar-refractivity contribution in [2.45, 2.75) is 36.6 Å². The molecule has 1 aliphatic heterocycles. The Kier molecular flexibility index (Phi) is 4.96. The van der Waals surface area contributed by atoms with E-state index in [2.05, 4.69) is 20.9 Å². The van der Waals surface area contributed by atoms with Gasteiger partial charge < -0.3 is 20.3 Å². The van der Waals surface area contributed by atoms with Crippen molar-refractivity contribution in [2.24, 2.45) is 0 Å². The first kappa shape index (κ1) is 15.9. The van der Waals surface area contributed by atoms with Gasteiger partial charge in [0.05, 0.1) is 6.10 Å². The molecular weight excluding hydrogens is 346 g/mol. The third kappa shape index (κ3) is 3.80. The van der Waals surface area contributed by atoms with Crippen molar-refractivity contribution in [1.82, 2.24) is 9.55 Å². The molecule has 21 heavy (non-hydrogen) atoms. The molecule has 1 fully saturated rings. The topological polar surface area (TPSA) is 117 Å². The number of ether oxygens (including phenoxy) is 2.